The lowest BCUT2D eigenvalue weighted by Crippen LogP contribution is -2.36. The third kappa shape index (κ3) is 4.06. The summed E-state index contributed by atoms with van der Waals surface area (Å²) in [5.74, 6) is 2.06. The summed E-state index contributed by atoms with van der Waals surface area (Å²) in [7, 11) is 0. The van der Waals surface area contributed by atoms with Crippen LogP contribution in [0, 0.1) is 5.92 Å². The van der Waals surface area contributed by atoms with Crippen molar-refractivity contribution in [3.63, 3.8) is 0 Å². The maximum Gasteiger partial charge on any atom is 0.273 e. The highest BCUT2D eigenvalue weighted by molar-refractivity contribution is 5.92. The first-order valence-electron chi connectivity index (χ1n) is 8.19. The Morgan fingerprint density at radius 3 is 3.10 bits per heavy atom. The summed E-state index contributed by atoms with van der Waals surface area (Å²) in [6.45, 7) is 6.48. The average molecular weight is 291 g/mol. The molecule has 0 spiro atoms. The van der Waals surface area contributed by atoms with E-state index < -0.39 is 0 Å². The molecule has 1 N–H and O–H groups in total. The number of amides is 1. The van der Waals surface area contributed by atoms with Crippen LogP contribution in [-0.2, 0) is 0 Å². The van der Waals surface area contributed by atoms with Gasteiger partial charge in [-0.2, -0.15) is 0 Å². The second-order valence-corrected chi connectivity index (χ2v) is 6.55. The number of hydrogen-bond acceptors (Lipinski definition) is 4. The zero-order valence-electron chi connectivity index (χ0n) is 12.8. The van der Waals surface area contributed by atoms with E-state index in [1.165, 1.54) is 25.9 Å². The fourth-order valence-corrected chi connectivity index (χ4v) is 3.04. The van der Waals surface area contributed by atoms with Gasteiger partial charge in [-0.25, -0.2) is 0 Å². The normalized spacial score (nSPS) is 23.2. The van der Waals surface area contributed by atoms with Gasteiger partial charge in [0.05, 0.1) is 0 Å². The molecule has 5 nitrogen and oxygen atoms in total. The molecular weight excluding hydrogens is 266 g/mol. The van der Waals surface area contributed by atoms with Crippen LogP contribution in [0.4, 0.5) is 0 Å². The van der Waals surface area contributed by atoms with Gasteiger partial charge in [0.2, 0.25) is 0 Å². The van der Waals surface area contributed by atoms with Gasteiger partial charge in [0, 0.05) is 25.1 Å². The third-order valence-corrected chi connectivity index (χ3v) is 4.42. The van der Waals surface area contributed by atoms with Crippen LogP contribution in [0.3, 0.4) is 0 Å². The van der Waals surface area contributed by atoms with Gasteiger partial charge < -0.3 is 14.7 Å². The Bertz CT molecular complexity index is 482. The van der Waals surface area contributed by atoms with Gasteiger partial charge in [-0.15, -0.1) is 0 Å². The summed E-state index contributed by atoms with van der Waals surface area (Å²) >= 11 is 0. The Labute approximate surface area is 126 Å². The molecule has 21 heavy (non-hydrogen) atoms. The monoisotopic (exact) mass is 291 g/mol. The largest absolute Gasteiger partial charge is 0.360 e. The maximum atomic E-state index is 12.0. The topological polar surface area (TPSA) is 58.4 Å². The number of hydrogen-bond donors (Lipinski definition) is 1. The summed E-state index contributed by atoms with van der Waals surface area (Å²) in [6, 6.07) is 1.79. The van der Waals surface area contributed by atoms with Crippen molar-refractivity contribution in [3.8, 4) is 0 Å². The number of likely N-dealkylation sites (tertiary alicyclic amines) is 1. The molecule has 1 aliphatic heterocycles. The van der Waals surface area contributed by atoms with E-state index in [2.05, 4.69) is 22.3 Å². The van der Waals surface area contributed by atoms with Crippen molar-refractivity contribution in [2.45, 2.75) is 44.9 Å². The van der Waals surface area contributed by atoms with Crippen LogP contribution in [0.1, 0.15) is 61.2 Å². The minimum absolute atomic E-state index is 0.113. The summed E-state index contributed by atoms with van der Waals surface area (Å²) < 4.78 is 5.20. The average Bonchev–Trinajstić information content (AvgIpc) is 3.21. The lowest BCUT2D eigenvalue weighted by atomic mass is 10.0. The fraction of sp³-hybridized carbons (Fsp3) is 0.750. The Morgan fingerprint density at radius 2 is 2.33 bits per heavy atom. The van der Waals surface area contributed by atoms with Crippen molar-refractivity contribution in [2.75, 3.05) is 26.2 Å². The number of carbonyl (C=O) groups excluding carboxylic acids is 1. The number of rotatable bonds is 6. The molecule has 2 fully saturated rings. The first kappa shape index (κ1) is 14.6. The lowest BCUT2D eigenvalue weighted by Gasteiger charge is -2.30. The van der Waals surface area contributed by atoms with E-state index in [-0.39, 0.29) is 5.91 Å². The zero-order chi connectivity index (χ0) is 14.7. The number of nitrogens with one attached hydrogen (secondary N) is 1. The third-order valence-electron chi connectivity index (χ3n) is 4.42. The summed E-state index contributed by atoms with van der Waals surface area (Å²) in [5.41, 5.74) is 0.420. The molecule has 3 rings (SSSR count). The van der Waals surface area contributed by atoms with Crippen LogP contribution < -0.4 is 5.32 Å². The first-order chi connectivity index (χ1) is 10.2. The van der Waals surface area contributed by atoms with Gasteiger partial charge in [-0.1, -0.05) is 12.1 Å². The van der Waals surface area contributed by atoms with E-state index in [0.29, 0.717) is 18.2 Å². The van der Waals surface area contributed by atoms with Crippen LogP contribution in [0.15, 0.2) is 10.6 Å². The Kier molecular flexibility index (Phi) is 4.58. The SMILES string of the molecule is C[C@@H]1CCCN(CCCNC(=O)c2cc(C3CC3)on2)C1. The van der Waals surface area contributed by atoms with Gasteiger partial charge in [-0.3, -0.25) is 4.79 Å². The van der Waals surface area contributed by atoms with Gasteiger partial charge >= 0.3 is 0 Å². The smallest absolute Gasteiger partial charge is 0.273 e. The highest BCUT2D eigenvalue weighted by Gasteiger charge is 2.28. The molecular formula is C16H25N3O2. The van der Waals surface area contributed by atoms with E-state index in [1.54, 1.807) is 6.07 Å². The van der Waals surface area contributed by atoms with Crippen LogP contribution in [0.25, 0.3) is 0 Å². The van der Waals surface area contributed by atoms with Gasteiger partial charge in [-0.05, 0) is 51.1 Å². The van der Waals surface area contributed by atoms with Crippen molar-refractivity contribution >= 4 is 5.91 Å². The van der Waals surface area contributed by atoms with Crippen LogP contribution in [0.5, 0.6) is 0 Å². The van der Waals surface area contributed by atoms with Crippen molar-refractivity contribution in [1.29, 1.82) is 0 Å². The maximum absolute atomic E-state index is 12.0. The standard InChI is InChI=1S/C16H25N3O2/c1-12-4-2-8-19(11-12)9-3-7-17-16(20)14-10-15(21-18-14)13-5-6-13/h10,12-13H,2-9,11H2,1H3,(H,17,20)/t12-/m1/s1. The Morgan fingerprint density at radius 1 is 1.48 bits per heavy atom. The molecule has 1 saturated heterocycles. The number of piperidine rings is 1. The zero-order valence-corrected chi connectivity index (χ0v) is 12.8. The fourth-order valence-electron chi connectivity index (χ4n) is 3.04. The van der Waals surface area contributed by atoms with Crippen LogP contribution in [-0.4, -0.2) is 42.1 Å². The number of nitrogens with zero attached hydrogens (tertiary/aromatic N) is 2. The molecule has 0 aromatic carbocycles. The van der Waals surface area contributed by atoms with Crippen LogP contribution >= 0.6 is 0 Å². The molecule has 0 radical (unpaired) electrons. The van der Waals surface area contributed by atoms with Gasteiger partial charge in [0.25, 0.3) is 5.91 Å². The van der Waals surface area contributed by atoms with Crippen molar-refractivity contribution in [1.82, 2.24) is 15.4 Å². The minimum Gasteiger partial charge on any atom is -0.360 e. The van der Waals surface area contributed by atoms with E-state index >= 15 is 0 Å². The predicted molar refractivity (Wildman–Crippen MR) is 80.3 cm³/mol. The highest BCUT2D eigenvalue weighted by atomic mass is 16.5. The van der Waals surface area contributed by atoms with E-state index in [4.69, 9.17) is 4.52 Å². The quantitative estimate of drug-likeness (QED) is 0.818. The summed E-state index contributed by atoms with van der Waals surface area (Å²) in [4.78, 5) is 14.5. The molecule has 2 heterocycles. The first-order valence-corrected chi connectivity index (χ1v) is 8.19. The molecule has 1 atom stereocenters. The Hall–Kier alpha value is -1.36. The Balaban J connectivity index is 1.35. The molecule has 1 aromatic heterocycles. The second kappa shape index (κ2) is 6.60. The van der Waals surface area contributed by atoms with Crippen molar-refractivity contribution in [3.05, 3.63) is 17.5 Å². The molecule has 1 amide bonds. The summed E-state index contributed by atoms with van der Waals surface area (Å²) in [6.07, 6.45) is 5.96. The lowest BCUT2D eigenvalue weighted by molar-refractivity contribution is 0.0941. The molecule has 1 aromatic rings. The number of aromatic nitrogens is 1. The van der Waals surface area contributed by atoms with Crippen LogP contribution in [0.2, 0.25) is 0 Å². The minimum atomic E-state index is -0.113. The molecule has 2 aliphatic rings. The van der Waals surface area contributed by atoms with E-state index in [9.17, 15) is 4.79 Å². The molecule has 5 heteroatoms. The molecule has 0 unspecified atom stereocenters. The van der Waals surface area contributed by atoms with E-state index in [0.717, 1.165) is 37.5 Å². The van der Waals surface area contributed by atoms with Crippen molar-refractivity contribution in [2.24, 2.45) is 5.92 Å². The number of carbonyl (C=O) groups is 1. The summed E-state index contributed by atoms with van der Waals surface area (Å²) in [5, 5.41) is 6.79. The predicted octanol–water partition coefficient (Wildman–Crippen LogP) is 2.40. The van der Waals surface area contributed by atoms with Gasteiger partial charge in [0.1, 0.15) is 5.76 Å². The second-order valence-electron chi connectivity index (χ2n) is 6.55. The molecule has 1 saturated carbocycles. The van der Waals surface area contributed by atoms with Crippen molar-refractivity contribution < 1.29 is 9.32 Å². The van der Waals surface area contributed by atoms with Gasteiger partial charge in [0.15, 0.2) is 5.69 Å². The van der Waals surface area contributed by atoms with E-state index in [1.807, 2.05) is 0 Å². The molecule has 0 bridgehead atoms. The molecule has 1 aliphatic carbocycles. The highest BCUT2D eigenvalue weighted by Crippen LogP contribution is 2.40. The molecule has 116 valence electrons.